The first-order valence-electron chi connectivity index (χ1n) is 10.1. The molecule has 1 unspecified atom stereocenters. The first kappa shape index (κ1) is 22.9. The lowest BCUT2D eigenvalue weighted by Gasteiger charge is -2.41. The number of imide groups is 1. The number of benzene rings is 1. The van der Waals surface area contributed by atoms with Crippen LogP contribution in [0.4, 0.5) is 10.5 Å². The Kier molecular flexibility index (Phi) is 6.23. The standard InChI is InChI=1S/C23H28N2O5S/c1-8-30-21(27)14(3)25-20(26)19(31-22(25)28)10-15-9-16-13(2)12-23(4,5)24(6)17(16)11-18(15)29-7/h9-12,14H,8H2,1-7H3/b19-10-. The molecule has 2 aliphatic heterocycles. The number of carbonyl (C=O) groups is 3. The van der Waals surface area contributed by atoms with Crippen LogP contribution in [0.1, 0.15) is 45.7 Å². The van der Waals surface area contributed by atoms with Crippen molar-refractivity contribution in [1.82, 2.24) is 4.90 Å². The molecule has 2 aliphatic rings. The monoisotopic (exact) mass is 444 g/mol. The van der Waals surface area contributed by atoms with Gasteiger partial charge in [-0.1, -0.05) is 6.08 Å². The minimum absolute atomic E-state index is 0.143. The zero-order chi connectivity index (χ0) is 23.1. The highest BCUT2D eigenvalue weighted by Crippen LogP contribution is 2.43. The van der Waals surface area contributed by atoms with Crippen molar-refractivity contribution in [2.75, 3.05) is 25.7 Å². The molecule has 2 amide bonds. The lowest BCUT2D eigenvalue weighted by atomic mass is 9.88. The number of amides is 2. The molecular weight excluding hydrogens is 416 g/mol. The summed E-state index contributed by atoms with van der Waals surface area (Å²) in [4.78, 5) is 40.8. The van der Waals surface area contributed by atoms with E-state index >= 15 is 0 Å². The first-order valence-corrected chi connectivity index (χ1v) is 10.9. The molecule has 1 atom stereocenters. The number of methoxy groups -OCH3 is 1. The van der Waals surface area contributed by atoms with Gasteiger partial charge in [-0.3, -0.25) is 14.5 Å². The van der Waals surface area contributed by atoms with Gasteiger partial charge in [-0.15, -0.1) is 0 Å². The third kappa shape index (κ3) is 4.08. The summed E-state index contributed by atoms with van der Waals surface area (Å²) >= 11 is 0.808. The summed E-state index contributed by atoms with van der Waals surface area (Å²) in [5.74, 6) is -0.522. The summed E-state index contributed by atoms with van der Waals surface area (Å²) in [6.45, 7) is 9.68. The number of allylic oxidation sites excluding steroid dienone is 1. The summed E-state index contributed by atoms with van der Waals surface area (Å²) in [6, 6.07) is 2.93. The lowest BCUT2D eigenvalue weighted by Crippen LogP contribution is -2.42. The minimum atomic E-state index is -0.982. The third-order valence-corrected chi connectivity index (χ3v) is 6.58. The van der Waals surface area contributed by atoms with Gasteiger partial charge in [0.05, 0.1) is 24.2 Å². The van der Waals surface area contributed by atoms with Crippen LogP contribution in [-0.2, 0) is 14.3 Å². The van der Waals surface area contributed by atoms with E-state index in [1.165, 1.54) is 6.92 Å². The number of hydrogen-bond acceptors (Lipinski definition) is 7. The topological polar surface area (TPSA) is 76.2 Å². The molecule has 1 saturated heterocycles. The lowest BCUT2D eigenvalue weighted by molar-refractivity contribution is -0.150. The molecule has 3 rings (SSSR count). The predicted octanol–water partition coefficient (Wildman–Crippen LogP) is 4.31. The van der Waals surface area contributed by atoms with Crippen molar-refractivity contribution in [3.63, 3.8) is 0 Å². The number of carbonyl (C=O) groups excluding carboxylic acids is 3. The van der Waals surface area contributed by atoms with E-state index in [0.29, 0.717) is 11.3 Å². The Morgan fingerprint density at radius 2 is 1.97 bits per heavy atom. The molecule has 1 aromatic rings. The SMILES string of the molecule is CCOC(=O)C(C)N1C(=O)S/C(=C\c2cc3c(cc2OC)N(C)C(C)(C)C=C3C)C1=O. The zero-order valence-corrected chi connectivity index (χ0v) is 19.8. The quantitative estimate of drug-likeness (QED) is 0.495. The van der Waals surface area contributed by atoms with Crippen molar-refractivity contribution < 1.29 is 23.9 Å². The molecule has 166 valence electrons. The Morgan fingerprint density at radius 1 is 1.29 bits per heavy atom. The fraction of sp³-hybridized carbons (Fsp3) is 0.435. The smallest absolute Gasteiger partial charge is 0.329 e. The maximum Gasteiger partial charge on any atom is 0.329 e. The van der Waals surface area contributed by atoms with Crippen LogP contribution in [0, 0.1) is 0 Å². The maximum absolute atomic E-state index is 12.9. The Morgan fingerprint density at radius 3 is 2.58 bits per heavy atom. The molecule has 0 aliphatic carbocycles. The Hall–Kier alpha value is -2.74. The molecule has 0 spiro atoms. The highest BCUT2D eigenvalue weighted by Gasteiger charge is 2.41. The van der Waals surface area contributed by atoms with Crippen molar-refractivity contribution >= 4 is 46.2 Å². The predicted molar refractivity (Wildman–Crippen MR) is 123 cm³/mol. The summed E-state index contributed by atoms with van der Waals surface area (Å²) in [5, 5.41) is -0.494. The van der Waals surface area contributed by atoms with Crippen LogP contribution in [-0.4, -0.2) is 54.4 Å². The summed E-state index contributed by atoms with van der Waals surface area (Å²) in [5.41, 5.74) is 3.74. The van der Waals surface area contributed by atoms with Crippen LogP contribution in [0.2, 0.25) is 0 Å². The molecule has 0 radical (unpaired) electrons. The van der Waals surface area contributed by atoms with E-state index in [4.69, 9.17) is 9.47 Å². The van der Waals surface area contributed by atoms with E-state index in [-0.39, 0.29) is 17.1 Å². The second-order valence-electron chi connectivity index (χ2n) is 8.13. The van der Waals surface area contributed by atoms with Crippen LogP contribution in [0.25, 0.3) is 11.6 Å². The summed E-state index contributed by atoms with van der Waals surface area (Å²) in [7, 11) is 3.60. The molecule has 0 N–H and O–H groups in total. The van der Waals surface area contributed by atoms with Gasteiger partial charge in [0, 0.05) is 29.9 Å². The normalized spacial score (nSPS) is 20.0. The van der Waals surface area contributed by atoms with Gasteiger partial charge >= 0.3 is 5.97 Å². The molecule has 7 nitrogen and oxygen atoms in total. The van der Waals surface area contributed by atoms with Gasteiger partial charge in [0.2, 0.25) is 0 Å². The number of rotatable bonds is 5. The van der Waals surface area contributed by atoms with E-state index in [1.807, 2.05) is 19.2 Å². The molecule has 1 aromatic carbocycles. The van der Waals surface area contributed by atoms with Crippen molar-refractivity contribution in [2.45, 2.75) is 46.2 Å². The van der Waals surface area contributed by atoms with Crippen LogP contribution >= 0.6 is 11.8 Å². The van der Waals surface area contributed by atoms with Gasteiger partial charge in [-0.2, -0.15) is 0 Å². The van der Waals surface area contributed by atoms with Gasteiger partial charge in [0.1, 0.15) is 11.8 Å². The fourth-order valence-corrected chi connectivity index (χ4v) is 4.71. The number of likely N-dealkylation sites (N-methyl/N-ethyl adjacent to an activating group) is 1. The average molecular weight is 445 g/mol. The van der Waals surface area contributed by atoms with Crippen LogP contribution in [0.5, 0.6) is 5.75 Å². The van der Waals surface area contributed by atoms with Crippen molar-refractivity contribution in [3.05, 3.63) is 34.2 Å². The van der Waals surface area contributed by atoms with E-state index in [1.54, 1.807) is 20.1 Å². The average Bonchev–Trinajstić information content (AvgIpc) is 2.98. The van der Waals surface area contributed by atoms with E-state index in [9.17, 15) is 14.4 Å². The Labute approximate surface area is 187 Å². The first-order chi connectivity index (χ1) is 14.5. The maximum atomic E-state index is 12.9. The van der Waals surface area contributed by atoms with Crippen molar-refractivity contribution in [1.29, 1.82) is 0 Å². The molecule has 0 aromatic heterocycles. The third-order valence-electron chi connectivity index (χ3n) is 5.69. The number of hydrogen-bond donors (Lipinski definition) is 0. The second-order valence-corrected chi connectivity index (χ2v) is 9.12. The zero-order valence-electron chi connectivity index (χ0n) is 18.9. The number of nitrogens with zero attached hydrogens (tertiary/aromatic N) is 2. The van der Waals surface area contributed by atoms with Crippen LogP contribution < -0.4 is 9.64 Å². The fourth-order valence-electron chi connectivity index (χ4n) is 3.81. The number of fused-ring (bicyclic) bond motifs is 1. The molecule has 8 heteroatoms. The van der Waals surface area contributed by atoms with E-state index in [0.717, 1.165) is 33.5 Å². The van der Waals surface area contributed by atoms with Crippen LogP contribution in [0.3, 0.4) is 0 Å². The highest BCUT2D eigenvalue weighted by atomic mass is 32.2. The summed E-state index contributed by atoms with van der Waals surface area (Å²) < 4.78 is 10.6. The summed E-state index contributed by atoms with van der Waals surface area (Å²) in [6.07, 6.45) is 3.84. The van der Waals surface area contributed by atoms with Gasteiger partial charge < -0.3 is 14.4 Å². The van der Waals surface area contributed by atoms with E-state index < -0.39 is 23.2 Å². The number of ether oxygens (including phenoxy) is 2. The molecule has 1 fully saturated rings. The van der Waals surface area contributed by atoms with Crippen molar-refractivity contribution in [2.24, 2.45) is 0 Å². The van der Waals surface area contributed by atoms with E-state index in [2.05, 4.69) is 31.7 Å². The van der Waals surface area contributed by atoms with Gasteiger partial charge in [0.25, 0.3) is 11.1 Å². The molecule has 2 heterocycles. The van der Waals surface area contributed by atoms with Crippen LogP contribution in [0.15, 0.2) is 23.1 Å². The minimum Gasteiger partial charge on any atom is -0.496 e. The van der Waals surface area contributed by atoms with Crippen molar-refractivity contribution in [3.8, 4) is 5.75 Å². The molecular formula is C23H28N2O5S. The van der Waals surface area contributed by atoms with Gasteiger partial charge in [0.15, 0.2) is 0 Å². The Balaban J connectivity index is 2.01. The highest BCUT2D eigenvalue weighted by molar-refractivity contribution is 8.18. The number of esters is 1. The molecule has 0 saturated carbocycles. The largest absolute Gasteiger partial charge is 0.496 e. The molecule has 31 heavy (non-hydrogen) atoms. The van der Waals surface area contributed by atoms with Gasteiger partial charge in [-0.25, -0.2) is 4.79 Å². The number of anilines is 1. The van der Waals surface area contributed by atoms with Gasteiger partial charge in [-0.05, 0) is 64.1 Å². The Bertz CT molecular complexity index is 1010. The number of thioether (sulfide) groups is 1. The second kappa shape index (κ2) is 8.42. The molecule has 0 bridgehead atoms.